The topological polar surface area (TPSA) is 38.0 Å². The Morgan fingerprint density at radius 1 is 1.29 bits per heavy atom. The van der Waals surface area contributed by atoms with E-state index in [1.165, 1.54) is 36.9 Å². The fourth-order valence-electron chi connectivity index (χ4n) is 2.82. The quantitative estimate of drug-likeness (QED) is 0.778. The molecule has 1 saturated carbocycles. The molecule has 3 N–H and O–H groups in total. The molecule has 2 heteroatoms. The second kappa shape index (κ2) is 5.44. The van der Waals surface area contributed by atoms with Gasteiger partial charge in [-0.25, -0.2) is 0 Å². The van der Waals surface area contributed by atoms with Gasteiger partial charge in [-0.2, -0.15) is 0 Å². The van der Waals surface area contributed by atoms with Crippen LogP contribution in [0.1, 0.15) is 38.2 Å². The molecule has 1 aromatic carbocycles. The van der Waals surface area contributed by atoms with Crippen LogP contribution in [-0.4, -0.2) is 6.54 Å². The summed E-state index contributed by atoms with van der Waals surface area (Å²) in [5, 5.41) is 3.58. The third kappa shape index (κ3) is 3.15. The van der Waals surface area contributed by atoms with Gasteiger partial charge in [0.2, 0.25) is 0 Å². The number of benzene rings is 1. The van der Waals surface area contributed by atoms with Crippen LogP contribution in [0.4, 0.5) is 11.4 Å². The molecule has 2 atom stereocenters. The number of nitrogens with two attached hydrogens (primary N) is 1. The van der Waals surface area contributed by atoms with Crippen molar-refractivity contribution in [2.24, 2.45) is 11.8 Å². The first-order chi connectivity index (χ1) is 8.16. The van der Waals surface area contributed by atoms with Crippen LogP contribution in [0.25, 0.3) is 0 Å². The Morgan fingerprint density at radius 2 is 2.06 bits per heavy atom. The maximum absolute atomic E-state index is 5.76. The summed E-state index contributed by atoms with van der Waals surface area (Å²) in [6.45, 7) is 5.61. The zero-order valence-corrected chi connectivity index (χ0v) is 11.0. The normalized spacial score (nSPS) is 24.6. The summed E-state index contributed by atoms with van der Waals surface area (Å²) in [5.74, 6) is 1.70. The average molecular weight is 232 g/mol. The number of nitrogens with one attached hydrogen (secondary N) is 1. The van der Waals surface area contributed by atoms with Gasteiger partial charge in [0.1, 0.15) is 0 Å². The SMILES string of the molecule is Cc1cc(N)ccc1NCC1CCCCC1C. The Hall–Kier alpha value is -1.18. The minimum absolute atomic E-state index is 0.834. The van der Waals surface area contributed by atoms with Gasteiger partial charge in [0.25, 0.3) is 0 Å². The second-order valence-corrected chi connectivity index (χ2v) is 5.48. The van der Waals surface area contributed by atoms with Crippen molar-refractivity contribution < 1.29 is 0 Å². The zero-order chi connectivity index (χ0) is 12.3. The summed E-state index contributed by atoms with van der Waals surface area (Å²) in [6, 6.07) is 6.10. The van der Waals surface area contributed by atoms with Gasteiger partial charge in [0.15, 0.2) is 0 Å². The summed E-state index contributed by atoms with van der Waals surface area (Å²) < 4.78 is 0. The lowest BCUT2D eigenvalue weighted by atomic mass is 9.80. The van der Waals surface area contributed by atoms with E-state index in [2.05, 4.69) is 25.2 Å². The Morgan fingerprint density at radius 3 is 2.76 bits per heavy atom. The largest absolute Gasteiger partial charge is 0.399 e. The molecule has 0 aliphatic heterocycles. The predicted octanol–water partition coefficient (Wildman–Crippen LogP) is 3.82. The van der Waals surface area contributed by atoms with E-state index >= 15 is 0 Å². The van der Waals surface area contributed by atoms with Crippen molar-refractivity contribution in [3.63, 3.8) is 0 Å². The zero-order valence-electron chi connectivity index (χ0n) is 11.0. The van der Waals surface area contributed by atoms with E-state index in [4.69, 9.17) is 5.73 Å². The van der Waals surface area contributed by atoms with Gasteiger partial charge in [0, 0.05) is 17.9 Å². The van der Waals surface area contributed by atoms with Gasteiger partial charge in [-0.3, -0.25) is 0 Å². The van der Waals surface area contributed by atoms with E-state index in [1.807, 2.05) is 12.1 Å². The number of rotatable bonds is 3. The predicted molar refractivity (Wildman–Crippen MR) is 75.2 cm³/mol. The number of hydrogen-bond donors (Lipinski definition) is 2. The molecule has 0 amide bonds. The highest BCUT2D eigenvalue weighted by Crippen LogP contribution is 2.30. The highest BCUT2D eigenvalue weighted by atomic mass is 14.9. The molecular formula is C15H24N2. The van der Waals surface area contributed by atoms with Gasteiger partial charge in [-0.05, 0) is 48.9 Å². The van der Waals surface area contributed by atoms with Gasteiger partial charge in [0.05, 0.1) is 0 Å². The Labute approximate surface area is 105 Å². The van der Waals surface area contributed by atoms with Gasteiger partial charge >= 0.3 is 0 Å². The van der Waals surface area contributed by atoms with Crippen molar-refractivity contribution >= 4 is 11.4 Å². The van der Waals surface area contributed by atoms with E-state index in [0.717, 1.165) is 24.1 Å². The molecule has 2 nitrogen and oxygen atoms in total. The lowest BCUT2D eigenvalue weighted by Crippen LogP contribution is -2.24. The molecule has 1 aromatic rings. The molecular weight excluding hydrogens is 208 g/mol. The number of hydrogen-bond acceptors (Lipinski definition) is 2. The number of anilines is 2. The standard InChI is InChI=1S/C15H24N2/c1-11-5-3-4-6-13(11)10-17-15-8-7-14(16)9-12(15)2/h7-9,11,13,17H,3-6,10,16H2,1-2H3. The van der Waals surface area contributed by atoms with Crippen molar-refractivity contribution in [3.8, 4) is 0 Å². The van der Waals surface area contributed by atoms with Crippen LogP contribution in [0, 0.1) is 18.8 Å². The van der Waals surface area contributed by atoms with Crippen molar-refractivity contribution in [2.75, 3.05) is 17.6 Å². The molecule has 0 spiro atoms. The molecule has 1 aliphatic carbocycles. The lowest BCUT2D eigenvalue weighted by molar-refractivity contribution is 0.268. The molecule has 1 fully saturated rings. The Kier molecular flexibility index (Phi) is 3.93. The third-order valence-electron chi connectivity index (χ3n) is 4.09. The molecule has 0 radical (unpaired) electrons. The molecule has 0 saturated heterocycles. The molecule has 0 aromatic heterocycles. The van der Waals surface area contributed by atoms with Gasteiger partial charge in [-0.1, -0.05) is 26.2 Å². The first-order valence-corrected chi connectivity index (χ1v) is 6.77. The summed E-state index contributed by atoms with van der Waals surface area (Å²) in [5.41, 5.74) is 9.08. The monoisotopic (exact) mass is 232 g/mol. The maximum atomic E-state index is 5.76. The fraction of sp³-hybridized carbons (Fsp3) is 0.600. The van der Waals surface area contributed by atoms with Crippen molar-refractivity contribution in [2.45, 2.75) is 39.5 Å². The van der Waals surface area contributed by atoms with E-state index < -0.39 is 0 Å². The molecule has 17 heavy (non-hydrogen) atoms. The number of aryl methyl sites for hydroxylation is 1. The lowest BCUT2D eigenvalue weighted by Gasteiger charge is -2.29. The van der Waals surface area contributed by atoms with E-state index in [0.29, 0.717) is 0 Å². The summed E-state index contributed by atoms with van der Waals surface area (Å²) >= 11 is 0. The molecule has 0 bridgehead atoms. The molecule has 94 valence electrons. The highest BCUT2D eigenvalue weighted by Gasteiger charge is 2.20. The van der Waals surface area contributed by atoms with Crippen LogP contribution in [0.15, 0.2) is 18.2 Å². The van der Waals surface area contributed by atoms with Crippen molar-refractivity contribution in [1.82, 2.24) is 0 Å². The van der Waals surface area contributed by atoms with E-state index in [-0.39, 0.29) is 0 Å². The average Bonchev–Trinajstić information content (AvgIpc) is 2.30. The maximum Gasteiger partial charge on any atom is 0.0371 e. The van der Waals surface area contributed by atoms with Crippen LogP contribution in [0.3, 0.4) is 0 Å². The van der Waals surface area contributed by atoms with Crippen LogP contribution < -0.4 is 11.1 Å². The molecule has 2 rings (SSSR count). The van der Waals surface area contributed by atoms with Crippen LogP contribution in [0.5, 0.6) is 0 Å². The Balaban J connectivity index is 1.92. The third-order valence-corrected chi connectivity index (χ3v) is 4.09. The van der Waals surface area contributed by atoms with Crippen molar-refractivity contribution in [3.05, 3.63) is 23.8 Å². The summed E-state index contributed by atoms with van der Waals surface area (Å²) in [6.07, 6.45) is 5.59. The first kappa shape index (κ1) is 12.3. The molecule has 0 heterocycles. The van der Waals surface area contributed by atoms with Gasteiger partial charge in [-0.15, -0.1) is 0 Å². The second-order valence-electron chi connectivity index (χ2n) is 5.48. The smallest absolute Gasteiger partial charge is 0.0371 e. The van der Waals surface area contributed by atoms with Gasteiger partial charge < -0.3 is 11.1 Å². The fourth-order valence-corrected chi connectivity index (χ4v) is 2.82. The minimum atomic E-state index is 0.834. The van der Waals surface area contributed by atoms with Crippen LogP contribution >= 0.6 is 0 Å². The van der Waals surface area contributed by atoms with Crippen molar-refractivity contribution in [1.29, 1.82) is 0 Å². The van der Waals surface area contributed by atoms with E-state index in [1.54, 1.807) is 0 Å². The summed E-state index contributed by atoms with van der Waals surface area (Å²) in [7, 11) is 0. The first-order valence-electron chi connectivity index (χ1n) is 6.77. The molecule has 2 unspecified atom stereocenters. The van der Waals surface area contributed by atoms with Crippen LogP contribution in [-0.2, 0) is 0 Å². The summed E-state index contributed by atoms with van der Waals surface area (Å²) in [4.78, 5) is 0. The highest BCUT2D eigenvalue weighted by molar-refractivity contribution is 5.57. The Bertz CT molecular complexity index is 373. The minimum Gasteiger partial charge on any atom is -0.399 e. The van der Waals surface area contributed by atoms with Crippen LogP contribution in [0.2, 0.25) is 0 Å². The number of nitrogen functional groups attached to an aromatic ring is 1. The van der Waals surface area contributed by atoms with E-state index in [9.17, 15) is 0 Å². The molecule has 1 aliphatic rings.